The molecule has 0 bridgehead atoms. The molecule has 0 radical (unpaired) electrons. The van der Waals surface area contributed by atoms with Gasteiger partial charge in [0, 0.05) is 44.0 Å². The third-order valence-corrected chi connectivity index (χ3v) is 7.57. The lowest BCUT2D eigenvalue weighted by molar-refractivity contribution is -0.132. The lowest BCUT2D eigenvalue weighted by Gasteiger charge is -2.35. The molecular formula is C32H40FN3O2. The Morgan fingerprint density at radius 2 is 1.39 bits per heavy atom. The van der Waals surface area contributed by atoms with Gasteiger partial charge in [-0.2, -0.15) is 0 Å². The first-order valence-electron chi connectivity index (χ1n) is 14.0. The van der Waals surface area contributed by atoms with E-state index in [2.05, 4.69) is 11.5 Å². The van der Waals surface area contributed by atoms with E-state index in [1.807, 2.05) is 54.0 Å². The van der Waals surface area contributed by atoms with E-state index < -0.39 is 0 Å². The Morgan fingerprint density at radius 1 is 0.789 bits per heavy atom. The molecule has 0 aliphatic carbocycles. The average molecular weight is 518 g/mol. The van der Waals surface area contributed by atoms with E-state index in [1.54, 1.807) is 12.1 Å². The van der Waals surface area contributed by atoms with Gasteiger partial charge >= 0.3 is 0 Å². The largest absolute Gasteiger partial charge is 0.339 e. The van der Waals surface area contributed by atoms with Crippen LogP contribution in [0.5, 0.6) is 0 Å². The van der Waals surface area contributed by atoms with Gasteiger partial charge in [0.25, 0.3) is 5.91 Å². The number of carbonyl (C=O) groups excluding carboxylic acids is 2. The number of aryl methyl sites for hydroxylation is 1. The molecule has 1 aliphatic rings. The summed E-state index contributed by atoms with van der Waals surface area (Å²) < 4.78 is 15.7. The van der Waals surface area contributed by atoms with Gasteiger partial charge in [0.05, 0.1) is 11.3 Å². The summed E-state index contributed by atoms with van der Waals surface area (Å²) in [5.41, 5.74) is 5.29. The number of halogens is 1. The molecule has 38 heavy (non-hydrogen) atoms. The number of hydrogen-bond donors (Lipinski definition) is 0. The van der Waals surface area contributed by atoms with Crippen LogP contribution < -0.4 is 0 Å². The maximum atomic E-state index is 13.7. The highest BCUT2D eigenvalue weighted by Crippen LogP contribution is 2.31. The molecule has 4 rings (SSSR count). The maximum Gasteiger partial charge on any atom is 0.255 e. The van der Waals surface area contributed by atoms with Gasteiger partial charge in [0.1, 0.15) is 5.82 Å². The fourth-order valence-electron chi connectivity index (χ4n) is 5.23. The second kappa shape index (κ2) is 12.9. The van der Waals surface area contributed by atoms with Crippen molar-refractivity contribution in [2.75, 3.05) is 26.2 Å². The van der Waals surface area contributed by atoms with E-state index in [0.29, 0.717) is 38.2 Å². The van der Waals surface area contributed by atoms with E-state index >= 15 is 0 Å². The third-order valence-electron chi connectivity index (χ3n) is 7.57. The van der Waals surface area contributed by atoms with Gasteiger partial charge in [-0.3, -0.25) is 9.59 Å². The van der Waals surface area contributed by atoms with Gasteiger partial charge in [-0.15, -0.1) is 0 Å². The number of unbranched alkanes of at least 4 members (excludes halogenated alkanes) is 5. The summed E-state index contributed by atoms with van der Waals surface area (Å²) in [5, 5.41) is 0. The monoisotopic (exact) mass is 517 g/mol. The van der Waals surface area contributed by atoms with Gasteiger partial charge < -0.3 is 14.4 Å². The Bertz CT molecular complexity index is 1220. The first-order chi connectivity index (χ1) is 18.4. The number of amides is 2. The zero-order valence-corrected chi connectivity index (χ0v) is 23.0. The molecule has 0 atom stereocenters. The third kappa shape index (κ3) is 6.53. The number of benzene rings is 2. The normalized spacial score (nSPS) is 13.7. The zero-order chi connectivity index (χ0) is 27.1. The molecule has 1 saturated heterocycles. The number of rotatable bonds is 10. The van der Waals surface area contributed by atoms with E-state index in [9.17, 15) is 14.0 Å². The van der Waals surface area contributed by atoms with Crippen molar-refractivity contribution in [2.45, 2.75) is 65.7 Å². The highest BCUT2D eigenvalue weighted by molar-refractivity contribution is 5.97. The van der Waals surface area contributed by atoms with Crippen molar-refractivity contribution in [1.29, 1.82) is 0 Å². The van der Waals surface area contributed by atoms with Crippen LogP contribution in [0, 0.1) is 19.7 Å². The van der Waals surface area contributed by atoms with Gasteiger partial charge in [0.15, 0.2) is 0 Å². The summed E-state index contributed by atoms with van der Waals surface area (Å²) >= 11 is 0. The first kappa shape index (κ1) is 27.6. The Kier molecular flexibility index (Phi) is 9.38. The van der Waals surface area contributed by atoms with Crippen molar-refractivity contribution in [3.05, 3.63) is 77.2 Å². The van der Waals surface area contributed by atoms with Crippen LogP contribution in [0.15, 0.2) is 54.6 Å². The van der Waals surface area contributed by atoms with E-state index in [-0.39, 0.29) is 17.6 Å². The topological polar surface area (TPSA) is 45.6 Å². The van der Waals surface area contributed by atoms with Gasteiger partial charge in [-0.1, -0.05) is 56.7 Å². The summed E-state index contributed by atoms with van der Waals surface area (Å²) in [6.07, 6.45) is 7.59. The number of nitrogens with zero attached hydrogens (tertiary/aromatic N) is 3. The quantitative estimate of drug-likeness (QED) is 0.274. The minimum Gasteiger partial charge on any atom is -0.339 e. The summed E-state index contributed by atoms with van der Waals surface area (Å²) in [7, 11) is 0. The minimum absolute atomic E-state index is 0.0280. The van der Waals surface area contributed by atoms with Crippen molar-refractivity contribution in [3.8, 4) is 16.9 Å². The van der Waals surface area contributed by atoms with Crippen LogP contribution in [-0.4, -0.2) is 52.4 Å². The molecule has 1 fully saturated rings. The first-order valence-corrected chi connectivity index (χ1v) is 14.0. The molecule has 2 aromatic carbocycles. The Hall–Kier alpha value is -3.41. The molecular weight excluding hydrogens is 477 g/mol. The second-order valence-electron chi connectivity index (χ2n) is 10.4. The fourth-order valence-corrected chi connectivity index (χ4v) is 5.23. The number of carbonyl (C=O) groups is 2. The number of aromatic nitrogens is 1. The molecule has 2 heterocycles. The molecule has 6 heteroatoms. The molecule has 0 N–H and O–H groups in total. The summed E-state index contributed by atoms with van der Waals surface area (Å²) in [6, 6.07) is 16.5. The number of hydrogen-bond acceptors (Lipinski definition) is 2. The van der Waals surface area contributed by atoms with Crippen molar-refractivity contribution < 1.29 is 14.0 Å². The maximum absolute atomic E-state index is 13.7. The van der Waals surface area contributed by atoms with Crippen LogP contribution in [0.1, 0.15) is 73.5 Å². The fraction of sp³-hybridized carbons (Fsp3) is 0.438. The Morgan fingerprint density at radius 3 is 2.05 bits per heavy atom. The molecule has 0 spiro atoms. The minimum atomic E-state index is -0.292. The lowest BCUT2D eigenvalue weighted by Crippen LogP contribution is -2.50. The predicted molar refractivity (Wildman–Crippen MR) is 151 cm³/mol. The van der Waals surface area contributed by atoms with Crippen LogP contribution in [0.2, 0.25) is 0 Å². The smallest absolute Gasteiger partial charge is 0.255 e. The van der Waals surface area contributed by atoms with Gasteiger partial charge in [0.2, 0.25) is 5.91 Å². The molecule has 3 aromatic rings. The highest BCUT2D eigenvalue weighted by atomic mass is 19.1. The average Bonchev–Trinajstić information content (AvgIpc) is 3.28. The van der Waals surface area contributed by atoms with E-state index in [1.165, 1.54) is 37.8 Å². The summed E-state index contributed by atoms with van der Waals surface area (Å²) in [6.45, 7) is 8.41. The molecule has 5 nitrogen and oxygen atoms in total. The Labute approximate surface area is 226 Å². The van der Waals surface area contributed by atoms with Crippen LogP contribution in [0.25, 0.3) is 16.9 Å². The zero-order valence-electron chi connectivity index (χ0n) is 23.0. The molecule has 0 unspecified atom stereocenters. The van der Waals surface area contributed by atoms with E-state index in [0.717, 1.165) is 41.0 Å². The second-order valence-corrected chi connectivity index (χ2v) is 10.4. The molecule has 202 valence electrons. The van der Waals surface area contributed by atoms with Crippen molar-refractivity contribution in [3.63, 3.8) is 0 Å². The summed E-state index contributed by atoms with van der Waals surface area (Å²) in [4.78, 5) is 30.1. The standard InChI is InChI=1S/C32H40FN3O2/c1-4-5-6-7-8-9-10-31(37)34-19-21-35(22-20-34)32(38)29-23-30(26-13-15-27(33)16-14-26)36(25(29)3)28-17-11-24(2)12-18-28/h11-18,23H,4-10,19-22H2,1-3H3. The van der Waals surface area contributed by atoms with Gasteiger partial charge in [-0.25, -0.2) is 4.39 Å². The van der Waals surface area contributed by atoms with E-state index in [4.69, 9.17) is 0 Å². The molecule has 0 saturated carbocycles. The van der Waals surface area contributed by atoms with Crippen molar-refractivity contribution in [2.24, 2.45) is 0 Å². The highest BCUT2D eigenvalue weighted by Gasteiger charge is 2.28. The number of piperazine rings is 1. The van der Waals surface area contributed by atoms with Crippen LogP contribution >= 0.6 is 0 Å². The molecule has 2 amide bonds. The van der Waals surface area contributed by atoms with Crippen molar-refractivity contribution in [1.82, 2.24) is 14.4 Å². The summed E-state index contributed by atoms with van der Waals surface area (Å²) in [5.74, 6) is -0.119. The molecule has 1 aromatic heterocycles. The van der Waals surface area contributed by atoms with Crippen LogP contribution in [0.3, 0.4) is 0 Å². The van der Waals surface area contributed by atoms with Crippen LogP contribution in [0.4, 0.5) is 4.39 Å². The van der Waals surface area contributed by atoms with Crippen molar-refractivity contribution >= 4 is 11.8 Å². The predicted octanol–water partition coefficient (Wildman–Crippen LogP) is 6.94. The molecule has 1 aliphatic heterocycles. The SMILES string of the molecule is CCCCCCCCC(=O)N1CCN(C(=O)c2cc(-c3ccc(F)cc3)n(-c3ccc(C)cc3)c2C)CC1. The Balaban J connectivity index is 1.46. The van der Waals surface area contributed by atoms with Crippen LogP contribution in [-0.2, 0) is 4.79 Å². The lowest BCUT2D eigenvalue weighted by atomic mass is 10.1. The van der Waals surface area contributed by atoms with Gasteiger partial charge in [-0.05, 0) is 68.3 Å².